The molecule has 2 aromatic heterocycles. The second-order valence-electron chi connectivity index (χ2n) is 5.61. The molecule has 2 aromatic carbocycles. The average Bonchev–Trinajstić information content (AvgIpc) is 3.07. The Balaban J connectivity index is 1.76. The fraction of sp³-hybridized carbons (Fsp3) is 0.0526. The third-order valence-corrected chi connectivity index (χ3v) is 4.36. The van der Waals surface area contributed by atoms with E-state index < -0.39 is 17.4 Å². The Morgan fingerprint density at radius 3 is 2.58 bits per heavy atom. The van der Waals surface area contributed by atoms with E-state index in [0.717, 1.165) is 5.56 Å². The molecule has 7 heteroatoms. The highest BCUT2D eigenvalue weighted by Crippen LogP contribution is 2.31. The molecule has 4 aromatic rings. The van der Waals surface area contributed by atoms with Crippen molar-refractivity contribution < 1.29 is 13.5 Å². The summed E-state index contributed by atoms with van der Waals surface area (Å²) in [5.74, 6) is -1.98. The van der Waals surface area contributed by atoms with E-state index in [1.54, 1.807) is 18.3 Å². The summed E-state index contributed by atoms with van der Waals surface area (Å²) < 4.78 is 36.8. The Kier molecular flexibility index (Phi) is 4.38. The van der Waals surface area contributed by atoms with Gasteiger partial charge in [-0.2, -0.15) is 5.10 Å². The maximum atomic E-state index is 15.0. The lowest BCUT2D eigenvalue weighted by Crippen LogP contribution is -2.03. The van der Waals surface area contributed by atoms with Gasteiger partial charge < -0.3 is 4.74 Å². The van der Waals surface area contributed by atoms with E-state index in [4.69, 9.17) is 4.74 Å². The van der Waals surface area contributed by atoms with Gasteiger partial charge in [0.05, 0.1) is 18.1 Å². The zero-order valence-corrected chi connectivity index (χ0v) is 15.0. The summed E-state index contributed by atoms with van der Waals surface area (Å²) in [6, 6.07) is 13.9. The van der Waals surface area contributed by atoms with Gasteiger partial charge in [-0.15, -0.1) is 0 Å². The summed E-state index contributed by atoms with van der Waals surface area (Å²) in [5, 5.41) is 4.50. The Bertz CT molecular complexity index is 1070. The van der Waals surface area contributed by atoms with E-state index in [2.05, 4.69) is 26.0 Å². The van der Waals surface area contributed by atoms with Crippen LogP contribution in [0.2, 0.25) is 0 Å². The molecule has 4 rings (SSSR count). The Morgan fingerprint density at radius 1 is 1.04 bits per heavy atom. The first-order chi connectivity index (χ1) is 12.6. The fourth-order valence-corrected chi connectivity index (χ4v) is 2.89. The second-order valence-corrected chi connectivity index (χ2v) is 6.42. The summed E-state index contributed by atoms with van der Waals surface area (Å²) in [6.45, 7) is 0.0637. The predicted molar refractivity (Wildman–Crippen MR) is 97.3 cm³/mol. The molecule has 4 nitrogen and oxygen atoms in total. The summed E-state index contributed by atoms with van der Waals surface area (Å²) in [7, 11) is 0. The first-order valence-electron chi connectivity index (χ1n) is 7.78. The van der Waals surface area contributed by atoms with E-state index in [-0.39, 0.29) is 12.1 Å². The minimum Gasteiger partial charge on any atom is -0.483 e. The summed E-state index contributed by atoms with van der Waals surface area (Å²) in [5.41, 5.74) is 1.51. The highest BCUT2D eigenvalue weighted by atomic mass is 79.9. The SMILES string of the molecule is Fc1cc2cnn(-c3ccc(Br)nc3)c2c(F)c1OCc1ccccc1. The van der Waals surface area contributed by atoms with E-state index in [1.807, 2.05) is 30.3 Å². The molecule has 0 aliphatic carbocycles. The van der Waals surface area contributed by atoms with Gasteiger partial charge >= 0.3 is 0 Å². The molecule has 0 saturated carbocycles. The van der Waals surface area contributed by atoms with Crippen molar-refractivity contribution in [2.24, 2.45) is 0 Å². The lowest BCUT2D eigenvalue weighted by atomic mass is 10.2. The quantitative estimate of drug-likeness (QED) is 0.438. The van der Waals surface area contributed by atoms with E-state index in [9.17, 15) is 4.39 Å². The topological polar surface area (TPSA) is 39.9 Å². The van der Waals surface area contributed by atoms with Gasteiger partial charge in [-0.1, -0.05) is 30.3 Å². The van der Waals surface area contributed by atoms with Gasteiger partial charge in [0.15, 0.2) is 17.4 Å². The van der Waals surface area contributed by atoms with Crippen molar-refractivity contribution in [2.75, 3.05) is 0 Å². The molecule has 0 unspecified atom stereocenters. The number of pyridine rings is 1. The van der Waals surface area contributed by atoms with Crippen LogP contribution in [0.25, 0.3) is 16.6 Å². The smallest absolute Gasteiger partial charge is 0.194 e. The molecule has 0 N–H and O–H groups in total. The average molecular weight is 416 g/mol. The molecule has 0 spiro atoms. The van der Waals surface area contributed by atoms with Gasteiger partial charge in [-0.25, -0.2) is 18.4 Å². The van der Waals surface area contributed by atoms with Crippen molar-refractivity contribution in [1.29, 1.82) is 0 Å². The molecule has 0 aliphatic rings. The van der Waals surface area contributed by atoms with E-state index in [1.165, 1.54) is 16.9 Å². The van der Waals surface area contributed by atoms with Crippen LogP contribution >= 0.6 is 15.9 Å². The molecule has 26 heavy (non-hydrogen) atoms. The molecule has 0 atom stereocenters. The van der Waals surface area contributed by atoms with Crippen LogP contribution in [0, 0.1) is 11.6 Å². The van der Waals surface area contributed by atoms with Crippen molar-refractivity contribution in [3.8, 4) is 11.4 Å². The Labute approximate surface area is 156 Å². The zero-order chi connectivity index (χ0) is 18.1. The predicted octanol–water partition coefficient (Wildman–Crippen LogP) is 5.04. The van der Waals surface area contributed by atoms with Crippen molar-refractivity contribution in [3.63, 3.8) is 0 Å². The van der Waals surface area contributed by atoms with Gasteiger partial charge in [-0.3, -0.25) is 0 Å². The van der Waals surface area contributed by atoms with Gasteiger partial charge in [0, 0.05) is 5.39 Å². The number of fused-ring (bicyclic) bond motifs is 1. The molecule has 0 amide bonds. The van der Waals surface area contributed by atoms with Crippen LogP contribution in [-0.4, -0.2) is 14.8 Å². The largest absolute Gasteiger partial charge is 0.483 e. The van der Waals surface area contributed by atoms with Gasteiger partial charge in [0.1, 0.15) is 16.7 Å². The number of hydrogen-bond donors (Lipinski definition) is 0. The van der Waals surface area contributed by atoms with Crippen LogP contribution in [-0.2, 0) is 6.61 Å². The molecule has 0 aliphatic heterocycles. The van der Waals surface area contributed by atoms with Gasteiger partial charge in [0.25, 0.3) is 0 Å². The van der Waals surface area contributed by atoms with Crippen molar-refractivity contribution in [3.05, 3.63) is 82.7 Å². The monoisotopic (exact) mass is 415 g/mol. The standard InChI is InChI=1S/C19H12BrF2N3O/c20-16-7-6-14(10-23-16)25-18-13(9-24-25)8-15(21)19(17(18)22)26-11-12-4-2-1-3-5-12/h1-10H,11H2. The third-order valence-electron chi connectivity index (χ3n) is 3.89. The first kappa shape index (κ1) is 16.7. The minimum atomic E-state index is -0.795. The highest BCUT2D eigenvalue weighted by Gasteiger charge is 2.20. The molecule has 0 radical (unpaired) electrons. The van der Waals surface area contributed by atoms with Gasteiger partial charge in [-0.05, 0) is 39.7 Å². The maximum Gasteiger partial charge on any atom is 0.194 e. The lowest BCUT2D eigenvalue weighted by Gasteiger charge is -2.11. The lowest BCUT2D eigenvalue weighted by molar-refractivity contribution is 0.275. The highest BCUT2D eigenvalue weighted by molar-refractivity contribution is 9.10. The van der Waals surface area contributed by atoms with E-state index in [0.29, 0.717) is 15.7 Å². The van der Waals surface area contributed by atoms with Crippen LogP contribution in [0.15, 0.2) is 65.5 Å². The molecule has 2 heterocycles. The number of aromatic nitrogens is 3. The Hall–Kier alpha value is -2.80. The summed E-state index contributed by atoms with van der Waals surface area (Å²) in [6.07, 6.45) is 2.95. The van der Waals surface area contributed by atoms with Crippen LogP contribution < -0.4 is 4.74 Å². The number of benzene rings is 2. The van der Waals surface area contributed by atoms with Crippen molar-refractivity contribution in [2.45, 2.75) is 6.61 Å². The number of hydrogen-bond acceptors (Lipinski definition) is 3. The van der Waals surface area contributed by atoms with Crippen LogP contribution in [0.4, 0.5) is 8.78 Å². The third kappa shape index (κ3) is 3.06. The van der Waals surface area contributed by atoms with Crippen LogP contribution in [0.5, 0.6) is 5.75 Å². The number of nitrogens with zero attached hydrogens (tertiary/aromatic N) is 3. The number of ether oxygens (including phenoxy) is 1. The Morgan fingerprint density at radius 2 is 1.85 bits per heavy atom. The summed E-state index contributed by atoms with van der Waals surface area (Å²) >= 11 is 3.25. The molecular weight excluding hydrogens is 404 g/mol. The van der Waals surface area contributed by atoms with E-state index >= 15 is 4.39 Å². The molecular formula is C19H12BrF2N3O. The van der Waals surface area contributed by atoms with Crippen LogP contribution in [0.3, 0.4) is 0 Å². The van der Waals surface area contributed by atoms with Crippen LogP contribution in [0.1, 0.15) is 5.56 Å². The first-order valence-corrected chi connectivity index (χ1v) is 8.57. The summed E-state index contributed by atoms with van der Waals surface area (Å²) in [4.78, 5) is 4.12. The molecule has 0 bridgehead atoms. The fourth-order valence-electron chi connectivity index (χ4n) is 2.65. The van der Waals surface area contributed by atoms with Crippen molar-refractivity contribution in [1.82, 2.24) is 14.8 Å². The minimum absolute atomic E-state index is 0.0637. The number of halogens is 3. The molecule has 0 fully saturated rings. The van der Waals surface area contributed by atoms with Crippen molar-refractivity contribution >= 4 is 26.8 Å². The maximum absolute atomic E-state index is 15.0. The normalized spacial score (nSPS) is 11.0. The zero-order valence-electron chi connectivity index (χ0n) is 13.4. The molecule has 0 saturated heterocycles. The number of rotatable bonds is 4. The second kappa shape index (κ2) is 6.84. The molecule has 130 valence electrons. The van der Waals surface area contributed by atoms with Gasteiger partial charge in [0.2, 0.25) is 0 Å².